The van der Waals surface area contributed by atoms with Crippen molar-refractivity contribution in [3.05, 3.63) is 24.3 Å². The van der Waals surface area contributed by atoms with Gasteiger partial charge in [-0.1, -0.05) is 26.0 Å². The number of phenolic OH excluding ortho intramolecular Hbond substituents is 1. The maximum Gasteiger partial charge on any atom is 0.240 e. The van der Waals surface area contributed by atoms with Gasteiger partial charge in [-0.3, -0.25) is 4.79 Å². The summed E-state index contributed by atoms with van der Waals surface area (Å²) >= 11 is 0. The number of aromatic hydroxyl groups is 1. The van der Waals surface area contributed by atoms with Gasteiger partial charge in [0.2, 0.25) is 5.91 Å². The smallest absolute Gasteiger partial charge is 0.240 e. The van der Waals surface area contributed by atoms with Gasteiger partial charge in [0.1, 0.15) is 5.75 Å². The zero-order valence-electron chi connectivity index (χ0n) is 14.1. The first-order chi connectivity index (χ1) is 11.0. The van der Waals surface area contributed by atoms with Crippen LogP contribution in [-0.2, 0) is 4.79 Å². The monoisotopic (exact) mass is 317 g/mol. The molecule has 0 spiro atoms. The van der Waals surface area contributed by atoms with Gasteiger partial charge >= 0.3 is 0 Å². The van der Waals surface area contributed by atoms with Crippen molar-refractivity contribution < 1.29 is 9.90 Å². The zero-order valence-corrected chi connectivity index (χ0v) is 14.1. The molecule has 0 saturated carbocycles. The van der Waals surface area contributed by atoms with Gasteiger partial charge in [0.25, 0.3) is 0 Å². The fourth-order valence-corrected chi connectivity index (χ4v) is 3.71. The summed E-state index contributed by atoms with van der Waals surface area (Å²) < 4.78 is 0. The van der Waals surface area contributed by atoms with Gasteiger partial charge in [-0.15, -0.1) is 0 Å². The standard InChI is InChI=1S/C18H27N3O2/c1-18(2)8-5-9-19-16(18)17(23)21-12-10-20(11-13-21)14-6-3-4-7-15(14)22/h3-4,6-7,16,19,22H,5,8-13H2,1-2H3. The Labute approximate surface area is 138 Å². The summed E-state index contributed by atoms with van der Waals surface area (Å²) in [7, 11) is 0. The van der Waals surface area contributed by atoms with Crippen molar-refractivity contribution in [2.75, 3.05) is 37.6 Å². The first-order valence-corrected chi connectivity index (χ1v) is 8.54. The van der Waals surface area contributed by atoms with Gasteiger partial charge in [0.05, 0.1) is 11.7 Å². The van der Waals surface area contributed by atoms with Gasteiger partial charge in [-0.05, 0) is 36.9 Å². The summed E-state index contributed by atoms with van der Waals surface area (Å²) in [6.07, 6.45) is 2.23. The summed E-state index contributed by atoms with van der Waals surface area (Å²) in [5.74, 6) is 0.536. The zero-order chi connectivity index (χ0) is 16.4. The van der Waals surface area contributed by atoms with E-state index in [1.165, 1.54) is 0 Å². The predicted octanol–water partition coefficient (Wildman–Crippen LogP) is 1.82. The molecule has 2 heterocycles. The molecule has 2 aliphatic heterocycles. The third kappa shape index (κ3) is 3.29. The highest BCUT2D eigenvalue weighted by molar-refractivity contribution is 5.83. The number of nitrogens with one attached hydrogen (secondary N) is 1. The molecule has 0 bridgehead atoms. The minimum Gasteiger partial charge on any atom is -0.506 e. The molecule has 0 radical (unpaired) electrons. The minimum atomic E-state index is -0.0760. The van der Waals surface area contributed by atoms with Crippen LogP contribution in [0.2, 0.25) is 0 Å². The van der Waals surface area contributed by atoms with Crippen LogP contribution in [0.4, 0.5) is 5.69 Å². The molecule has 2 N–H and O–H groups in total. The Balaban J connectivity index is 1.62. The number of rotatable bonds is 2. The van der Waals surface area contributed by atoms with E-state index in [0.717, 1.165) is 38.2 Å². The summed E-state index contributed by atoms with van der Waals surface area (Å²) in [6, 6.07) is 7.32. The van der Waals surface area contributed by atoms with Crippen LogP contribution < -0.4 is 10.2 Å². The number of benzene rings is 1. The maximum absolute atomic E-state index is 12.9. The highest BCUT2D eigenvalue weighted by Crippen LogP contribution is 2.32. The molecule has 1 aromatic rings. The maximum atomic E-state index is 12.9. The first-order valence-electron chi connectivity index (χ1n) is 8.54. The fraction of sp³-hybridized carbons (Fsp3) is 0.611. The lowest BCUT2D eigenvalue weighted by atomic mass is 9.77. The average Bonchev–Trinajstić information content (AvgIpc) is 2.54. The van der Waals surface area contributed by atoms with Crippen LogP contribution in [0.3, 0.4) is 0 Å². The van der Waals surface area contributed by atoms with Gasteiger partial charge in [0, 0.05) is 26.2 Å². The molecule has 126 valence electrons. The second-order valence-electron chi connectivity index (χ2n) is 7.28. The Bertz CT molecular complexity index is 565. The van der Waals surface area contributed by atoms with Crippen molar-refractivity contribution in [1.29, 1.82) is 0 Å². The molecule has 2 aliphatic rings. The molecule has 2 fully saturated rings. The average molecular weight is 317 g/mol. The van der Waals surface area contributed by atoms with Crippen LogP contribution >= 0.6 is 0 Å². The number of carbonyl (C=O) groups is 1. The molecule has 1 amide bonds. The van der Waals surface area contributed by atoms with E-state index in [4.69, 9.17) is 0 Å². The molecule has 5 heteroatoms. The Morgan fingerprint density at radius 1 is 1.22 bits per heavy atom. The minimum absolute atomic E-state index is 0.0180. The third-order valence-electron chi connectivity index (χ3n) is 5.19. The SMILES string of the molecule is CC1(C)CCCNC1C(=O)N1CCN(c2ccccc2O)CC1. The van der Waals surface area contributed by atoms with E-state index in [-0.39, 0.29) is 17.4 Å². The Hall–Kier alpha value is -1.75. The Morgan fingerprint density at radius 2 is 1.91 bits per heavy atom. The normalized spacial score (nSPS) is 24.5. The van der Waals surface area contributed by atoms with Gasteiger partial charge in [-0.25, -0.2) is 0 Å². The lowest BCUT2D eigenvalue weighted by molar-refractivity contribution is -0.137. The van der Waals surface area contributed by atoms with Crippen LogP contribution in [0.5, 0.6) is 5.75 Å². The highest BCUT2D eigenvalue weighted by atomic mass is 16.3. The molecular weight excluding hydrogens is 290 g/mol. The lowest BCUT2D eigenvalue weighted by Crippen LogP contribution is -2.59. The largest absolute Gasteiger partial charge is 0.506 e. The Kier molecular flexibility index (Phi) is 4.48. The van der Waals surface area contributed by atoms with E-state index in [2.05, 4.69) is 24.1 Å². The quantitative estimate of drug-likeness (QED) is 0.874. The number of carbonyl (C=O) groups excluding carboxylic acids is 1. The van der Waals surface area contributed by atoms with Gasteiger partial charge in [-0.2, -0.15) is 0 Å². The van der Waals surface area contributed by atoms with E-state index in [9.17, 15) is 9.90 Å². The number of amides is 1. The predicted molar refractivity (Wildman–Crippen MR) is 91.7 cm³/mol. The molecule has 3 rings (SSSR count). The van der Waals surface area contributed by atoms with E-state index in [1.54, 1.807) is 6.07 Å². The molecule has 1 aromatic carbocycles. The fourth-order valence-electron chi connectivity index (χ4n) is 3.71. The van der Waals surface area contributed by atoms with Crippen molar-refractivity contribution >= 4 is 11.6 Å². The summed E-state index contributed by atoms with van der Waals surface area (Å²) in [6.45, 7) is 8.23. The number of hydrogen-bond donors (Lipinski definition) is 2. The van der Waals surface area contributed by atoms with Gasteiger partial charge < -0.3 is 20.2 Å². The van der Waals surface area contributed by atoms with E-state index >= 15 is 0 Å². The lowest BCUT2D eigenvalue weighted by Gasteiger charge is -2.43. The molecule has 0 aromatic heterocycles. The number of piperidine rings is 1. The Morgan fingerprint density at radius 3 is 2.57 bits per heavy atom. The van der Waals surface area contributed by atoms with Crippen molar-refractivity contribution in [3.63, 3.8) is 0 Å². The first kappa shape index (κ1) is 16.1. The third-order valence-corrected chi connectivity index (χ3v) is 5.19. The number of hydrogen-bond acceptors (Lipinski definition) is 4. The van der Waals surface area contributed by atoms with Crippen LogP contribution in [0.1, 0.15) is 26.7 Å². The van der Waals surface area contributed by atoms with Crippen LogP contribution in [-0.4, -0.2) is 54.7 Å². The van der Waals surface area contributed by atoms with E-state index < -0.39 is 0 Å². The van der Waals surface area contributed by atoms with Crippen LogP contribution in [0, 0.1) is 5.41 Å². The number of phenols is 1. The number of anilines is 1. The van der Waals surface area contributed by atoms with E-state index in [1.807, 2.05) is 23.1 Å². The highest BCUT2D eigenvalue weighted by Gasteiger charge is 2.39. The number of para-hydroxylation sites is 2. The summed E-state index contributed by atoms with van der Waals surface area (Å²) in [5.41, 5.74) is 0.875. The second kappa shape index (κ2) is 6.40. The number of piperazine rings is 1. The van der Waals surface area contributed by atoms with Crippen LogP contribution in [0.15, 0.2) is 24.3 Å². The second-order valence-corrected chi connectivity index (χ2v) is 7.28. The van der Waals surface area contributed by atoms with Crippen molar-refractivity contribution in [3.8, 4) is 5.75 Å². The van der Waals surface area contributed by atoms with Crippen molar-refractivity contribution in [1.82, 2.24) is 10.2 Å². The summed E-state index contributed by atoms with van der Waals surface area (Å²) in [4.78, 5) is 17.0. The van der Waals surface area contributed by atoms with Gasteiger partial charge in [0.15, 0.2) is 0 Å². The topological polar surface area (TPSA) is 55.8 Å². The molecule has 0 aliphatic carbocycles. The molecule has 23 heavy (non-hydrogen) atoms. The molecule has 1 atom stereocenters. The molecular formula is C18H27N3O2. The summed E-state index contributed by atoms with van der Waals surface area (Å²) in [5, 5.41) is 13.4. The molecule has 1 unspecified atom stereocenters. The van der Waals surface area contributed by atoms with Crippen molar-refractivity contribution in [2.24, 2.45) is 5.41 Å². The molecule has 5 nitrogen and oxygen atoms in total. The molecule has 2 saturated heterocycles. The van der Waals surface area contributed by atoms with E-state index in [0.29, 0.717) is 18.8 Å². The number of nitrogens with zero attached hydrogens (tertiary/aromatic N) is 2. The van der Waals surface area contributed by atoms with Crippen molar-refractivity contribution in [2.45, 2.75) is 32.7 Å². The van der Waals surface area contributed by atoms with Crippen LogP contribution in [0.25, 0.3) is 0 Å².